The lowest BCUT2D eigenvalue weighted by Crippen LogP contribution is -2.09. The van der Waals surface area contributed by atoms with Gasteiger partial charge in [-0.05, 0) is 17.7 Å². The molecule has 1 heterocycles. The zero-order valence-electron chi connectivity index (χ0n) is 7.40. The summed E-state index contributed by atoms with van der Waals surface area (Å²) in [5.74, 6) is 0. The van der Waals surface area contributed by atoms with Crippen molar-refractivity contribution < 1.29 is 13.6 Å². The van der Waals surface area contributed by atoms with Crippen molar-refractivity contribution in [2.75, 3.05) is 6.61 Å². The molecule has 2 rings (SSSR count). The minimum atomic E-state index is -2.27. The molecule has 5 heteroatoms. The standard InChI is InChI=1S/C9H10BrO3P/c10-8-3-1-2-7(6-8)9-4-5-12-14(11)13-9/h1-3,6,9,14H,4-5H2. The van der Waals surface area contributed by atoms with Crippen molar-refractivity contribution in [1.82, 2.24) is 0 Å². The number of rotatable bonds is 1. The number of hydrogen-bond acceptors (Lipinski definition) is 3. The smallest absolute Gasteiger partial charge is 0.311 e. The minimum Gasteiger partial charge on any atom is -0.311 e. The third kappa shape index (κ3) is 2.45. The molecule has 1 aromatic carbocycles. The van der Waals surface area contributed by atoms with Crippen molar-refractivity contribution in [3.8, 4) is 0 Å². The van der Waals surface area contributed by atoms with Gasteiger partial charge in [0.1, 0.15) is 0 Å². The maximum Gasteiger partial charge on any atom is 0.319 e. The first-order valence-corrected chi connectivity index (χ1v) is 6.36. The van der Waals surface area contributed by atoms with E-state index in [2.05, 4.69) is 15.9 Å². The summed E-state index contributed by atoms with van der Waals surface area (Å²) in [5, 5.41) is 0. The third-order valence-electron chi connectivity index (χ3n) is 2.06. The Kier molecular flexibility index (Phi) is 3.39. The summed E-state index contributed by atoms with van der Waals surface area (Å²) in [6, 6.07) is 7.84. The van der Waals surface area contributed by atoms with Gasteiger partial charge in [0.2, 0.25) is 0 Å². The first-order chi connectivity index (χ1) is 6.75. The van der Waals surface area contributed by atoms with Gasteiger partial charge in [-0.1, -0.05) is 28.1 Å². The molecule has 1 saturated heterocycles. The fraction of sp³-hybridized carbons (Fsp3) is 0.333. The monoisotopic (exact) mass is 276 g/mol. The molecule has 76 valence electrons. The summed E-state index contributed by atoms with van der Waals surface area (Å²) in [7, 11) is -2.27. The van der Waals surface area contributed by atoms with Crippen LogP contribution in [0.5, 0.6) is 0 Å². The van der Waals surface area contributed by atoms with Crippen LogP contribution < -0.4 is 0 Å². The normalized spacial score (nSPS) is 27.5. The van der Waals surface area contributed by atoms with Crippen LogP contribution in [-0.4, -0.2) is 6.61 Å². The number of hydrogen-bond donors (Lipinski definition) is 0. The molecular weight excluding hydrogens is 267 g/mol. The largest absolute Gasteiger partial charge is 0.319 e. The first-order valence-electron chi connectivity index (χ1n) is 4.34. The average Bonchev–Trinajstić information content (AvgIpc) is 2.18. The van der Waals surface area contributed by atoms with E-state index in [1.807, 2.05) is 24.3 Å². The zero-order valence-corrected chi connectivity index (χ0v) is 9.99. The Balaban J connectivity index is 2.17. The molecule has 14 heavy (non-hydrogen) atoms. The number of benzene rings is 1. The Labute approximate surface area is 91.5 Å². The second-order valence-corrected chi connectivity index (χ2v) is 4.99. The summed E-state index contributed by atoms with van der Waals surface area (Å²) in [5.41, 5.74) is 1.04. The maximum absolute atomic E-state index is 11.1. The van der Waals surface area contributed by atoms with Gasteiger partial charge < -0.3 is 9.05 Å². The predicted octanol–water partition coefficient (Wildman–Crippen LogP) is 3.32. The first kappa shape index (κ1) is 10.4. The molecule has 1 fully saturated rings. The maximum atomic E-state index is 11.1. The van der Waals surface area contributed by atoms with Gasteiger partial charge in [-0.25, -0.2) is 0 Å². The third-order valence-corrected chi connectivity index (χ3v) is 3.47. The van der Waals surface area contributed by atoms with Crippen LogP contribution >= 0.6 is 24.2 Å². The van der Waals surface area contributed by atoms with Crippen molar-refractivity contribution in [2.24, 2.45) is 0 Å². The highest BCUT2D eigenvalue weighted by molar-refractivity contribution is 9.10. The lowest BCUT2D eigenvalue weighted by atomic mass is 10.1. The summed E-state index contributed by atoms with van der Waals surface area (Å²) in [4.78, 5) is 0. The van der Waals surface area contributed by atoms with Gasteiger partial charge in [0, 0.05) is 10.9 Å². The van der Waals surface area contributed by atoms with E-state index < -0.39 is 8.25 Å². The lowest BCUT2D eigenvalue weighted by Gasteiger charge is -2.22. The minimum absolute atomic E-state index is 0.0901. The van der Waals surface area contributed by atoms with E-state index in [9.17, 15) is 4.57 Å². The van der Waals surface area contributed by atoms with Crippen LogP contribution in [0.25, 0.3) is 0 Å². The second-order valence-electron chi connectivity index (χ2n) is 3.05. The molecular formula is C9H10BrO3P. The molecule has 0 saturated carbocycles. The molecule has 2 atom stereocenters. The molecule has 3 nitrogen and oxygen atoms in total. The van der Waals surface area contributed by atoms with Gasteiger partial charge in [0.25, 0.3) is 0 Å². The van der Waals surface area contributed by atoms with Gasteiger partial charge >= 0.3 is 8.25 Å². The van der Waals surface area contributed by atoms with Gasteiger partial charge in [0.05, 0.1) is 12.7 Å². The van der Waals surface area contributed by atoms with Crippen LogP contribution in [0.3, 0.4) is 0 Å². The Bertz CT molecular complexity index is 356. The summed E-state index contributed by atoms with van der Waals surface area (Å²) >= 11 is 3.39. The van der Waals surface area contributed by atoms with Gasteiger partial charge in [0.15, 0.2) is 0 Å². The van der Waals surface area contributed by atoms with Crippen LogP contribution in [-0.2, 0) is 13.6 Å². The molecule has 0 spiro atoms. The van der Waals surface area contributed by atoms with E-state index >= 15 is 0 Å². The van der Waals surface area contributed by atoms with Crippen LogP contribution in [0.4, 0.5) is 0 Å². The highest BCUT2D eigenvalue weighted by atomic mass is 79.9. The SMILES string of the molecule is O=[PH]1OCCC(c2cccc(Br)c2)O1. The average molecular weight is 277 g/mol. The zero-order chi connectivity index (χ0) is 9.97. The topological polar surface area (TPSA) is 35.5 Å². The van der Waals surface area contributed by atoms with E-state index in [1.165, 1.54) is 0 Å². The van der Waals surface area contributed by atoms with E-state index in [4.69, 9.17) is 9.05 Å². The van der Waals surface area contributed by atoms with Crippen LogP contribution in [0.2, 0.25) is 0 Å². The Hall–Kier alpha value is -0.150. The van der Waals surface area contributed by atoms with E-state index in [0.717, 1.165) is 16.5 Å². The van der Waals surface area contributed by atoms with Crippen LogP contribution in [0, 0.1) is 0 Å². The second kappa shape index (κ2) is 4.58. The molecule has 1 aromatic rings. The van der Waals surface area contributed by atoms with Crippen LogP contribution in [0.15, 0.2) is 28.7 Å². The highest BCUT2D eigenvalue weighted by Gasteiger charge is 2.20. The van der Waals surface area contributed by atoms with Crippen molar-refractivity contribution in [3.05, 3.63) is 34.3 Å². The summed E-state index contributed by atoms with van der Waals surface area (Å²) < 4.78 is 22.2. The highest BCUT2D eigenvalue weighted by Crippen LogP contribution is 2.40. The fourth-order valence-corrected chi connectivity index (χ4v) is 2.66. The lowest BCUT2D eigenvalue weighted by molar-refractivity contribution is 0.0968. The number of halogens is 1. The van der Waals surface area contributed by atoms with Crippen molar-refractivity contribution in [3.63, 3.8) is 0 Å². The van der Waals surface area contributed by atoms with E-state index in [-0.39, 0.29) is 6.10 Å². The molecule has 0 N–H and O–H groups in total. The molecule has 0 aliphatic carbocycles. The van der Waals surface area contributed by atoms with Crippen molar-refractivity contribution >= 4 is 24.2 Å². The molecule has 1 aliphatic heterocycles. The molecule has 1 aliphatic rings. The fourth-order valence-electron chi connectivity index (χ4n) is 1.40. The van der Waals surface area contributed by atoms with Gasteiger partial charge in [-0.15, -0.1) is 0 Å². The quantitative estimate of drug-likeness (QED) is 0.739. The van der Waals surface area contributed by atoms with Gasteiger partial charge in [-0.3, -0.25) is 4.57 Å². The van der Waals surface area contributed by atoms with Crippen LogP contribution in [0.1, 0.15) is 18.1 Å². The van der Waals surface area contributed by atoms with Crippen molar-refractivity contribution in [2.45, 2.75) is 12.5 Å². The molecule has 0 bridgehead atoms. The molecule has 0 amide bonds. The van der Waals surface area contributed by atoms with Crippen molar-refractivity contribution in [1.29, 1.82) is 0 Å². The molecule has 0 aromatic heterocycles. The van der Waals surface area contributed by atoms with E-state index in [1.54, 1.807) is 0 Å². The Morgan fingerprint density at radius 3 is 3.07 bits per heavy atom. The summed E-state index contributed by atoms with van der Waals surface area (Å²) in [6.07, 6.45) is 0.667. The molecule has 0 radical (unpaired) electrons. The van der Waals surface area contributed by atoms with Gasteiger partial charge in [-0.2, -0.15) is 0 Å². The predicted molar refractivity (Wildman–Crippen MR) is 57.5 cm³/mol. The Morgan fingerprint density at radius 2 is 2.36 bits per heavy atom. The van der Waals surface area contributed by atoms with E-state index in [0.29, 0.717) is 6.61 Å². The molecule has 2 unspecified atom stereocenters. The summed E-state index contributed by atoms with van der Waals surface area (Å²) in [6.45, 7) is 0.509. The Morgan fingerprint density at radius 1 is 1.50 bits per heavy atom.